The van der Waals surface area contributed by atoms with E-state index in [0.717, 1.165) is 33.3 Å². The van der Waals surface area contributed by atoms with E-state index in [1.807, 2.05) is 73.7 Å². The summed E-state index contributed by atoms with van der Waals surface area (Å²) in [5.74, 6) is -0.478. The van der Waals surface area contributed by atoms with Crippen molar-refractivity contribution in [2.45, 2.75) is 32.9 Å². The number of esters is 1. The molecule has 1 aliphatic heterocycles. The SMILES string of the molecule is CCC1=C(C(=O)OC)[C@@H](c2ccccc2)n2c(s/c(=C/c3c(C)n(Cc4cccc(Cl)c4)c4ccccc34)c2=O)=N1. The Morgan fingerprint density at radius 3 is 2.56 bits per heavy atom. The van der Waals surface area contributed by atoms with E-state index in [2.05, 4.69) is 29.7 Å². The minimum absolute atomic E-state index is 0.190. The van der Waals surface area contributed by atoms with Crippen LogP contribution in [-0.2, 0) is 16.1 Å². The van der Waals surface area contributed by atoms with Gasteiger partial charge in [-0.2, -0.15) is 0 Å². The molecule has 2 aromatic heterocycles. The average Bonchev–Trinajstić information content (AvgIpc) is 3.44. The summed E-state index contributed by atoms with van der Waals surface area (Å²) in [6.45, 7) is 4.68. The van der Waals surface area contributed by atoms with Crippen LogP contribution >= 0.6 is 22.9 Å². The first-order valence-electron chi connectivity index (χ1n) is 13.4. The van der Waals surface area contributed by atoms with Gasteiger partial charge in [0.25, 0.3) is 5.56 Å². The first kappa shape index (κ1) is 27.0. The van der Waals surface area contributed by atoms with Crippen LogP contribution in [0.1, 0.15) is 41.8 Å². The van der Waals surface area contributed by atoms with E-state index in [1.165, 1.54) is 18.4 Å². The number of allylic oxidation sites excluding steroid dienone is 1. The van der Waals surface area contributed by atoms with Crippen molar-refractivity contribution in [3.05, 3.63) is 137 Å². The van der Waals surface area contributed by atoms with Gasteiger partial charge >= 0.3 is 5.97 Å². The van der Waals surface area contributed by atoms with Crippen LogP contribution in [0.4, 0.5) is 0 Å². The Bertz CT molecular complexity index is 2020. The number of halogens is 1. The number of ether oxygens (including phenoxy) is 1. The number of para-hydroxylation sites is 1. The molecule has 5 aromatic rings. The summed E-state index contributed by atoms with van der Waals surface area (Å²) in [7, 11) is 1.36. The van der Waals surface area contributed by atoms with Crippen LogP contribution in [-0.4, -0.2) is 22.2 Å². The summed E-state index contributed by atoms with van der Waals surface area (Å²) in [6, 6.07) is 25.0. The molecule has 3 heterocycles. The third kappa shape index (κ3) is 4.75. The lowest BCUT2D eigenvalue weighted by atomic mass is 9.95. The molecule has 0 fully saturated rings. The molecule has 0 N–H and O–H groups in total. The standard InChI is InChI=1S/C33H28ClN3O3S/c1-4-26-29(32(39)40-3)30(22-12-6-5-7-13-22)37-31(38)28(41-33(37)35-26)18-25-20(2)36(27-16-9-8-15-24(25)27)19-21-11-10-14-23(34)17-21/h5-18,30H,4,19H2,1-3H3/b28-18+/t30-/m1/s1. The predicted molar refractivity (Wildman–Crippen MR) is 164 cm³/mol. The maximum Gasteiger partial charge on any atom is 0.338 e. The number of thiazole rings is 1. The molecule has 0 saturated carbocycles. The lowest BCUT2D eigenvalue weighted by molar-refractivity contribution is -0.136. The van der Waals surface area contributed by atoms with Crippen molar-refractivity contribution in [1.29, 1.82) is 0 Å². The van der Waals surface area contributed by atoms with Gasteiger partial charge in [-0.15, -0.1) is 0 Å². The summed E-state index contributed by atoms with van der Waals surface area (Å²) >= 11 is 7.62. The number of rotatable bonds is 6. The zero-order valence-corrected chi connectivity index (χ0v) is 24.5. The first-order chi connectivity index (χ1) is 19.9. The lowest BCUT2D eigenvalue weighted by Crippen LogP contribution is -2.40. The molecule has 0 saturated heterocycles. The summed E-state index contributed by atoms with van der Waals surface area (Å²) in [4.78, 5) is 32.5. The minimum Gasteiger partial charge on any atom is -0.466 e. The fourth-order valence-electron chi connectivity index (χ4n) is 5.61. The Morgan fingerprint density at radius 2 is 1.83 bits per heavy atom. The maximum absolute atomic E-state index is 14.1. The number of hydrogen-bond donors (Lipinski definition) is 0. The van der Waals surface area contributed by atoms with E-state index in [-0.39, 0.29) is 5.56 Å². The number of nitrogens with zero attached hydrogens (tertiary/aromatic N) is 3. The molecule has 0 amide bonds. The van der Waals surface area contributed by atoms with Crippen LogP contribution in [0, 0.1) is 6.92 Å². The summed E-state index contributed by atoms with van der Waals surface area (Å²) in [5, 5.41) is 1.76. The second-order valence-electron chi connectivity index (χ2n) is 9.93. The van der Waals surface area contributed by atoms with Gasteiger partial charge in [-0.05, 0) is 48.7 Å². The van der Waals surface area contributed by atoms with Crippen molar-refractivity contribution in [3.8, 4) is 0 Å². The molecule has 8 heteroatoms. The largest absolute Gasteiger partial charge is 0.466 e. The molecule has 0 unspecified atom stereocenters. The maximum atomic E-state index is 14.1. The van der Waals surface area contributed by atoms with Crippen LogP contribution in [0.15, 0.2) is 99.9 Å². The van der Waals surface area contributed by atoms with Crippen LogP contribution in [0.3, 0.4) is 0 Å². The quantitative estimate of drug-likeness (QED) is 0.239. The van der Waals surface area contributed by atoms with Gasteiger partial charge < -0.3 is 9.30 Å². The second-order valence-corrected chi connectivity index (χ2v) is 11.4. The number of hydrogen-bond acceptors (Lipinski definition) is 5. The van der Waals surface area contributed by atoms with Gasteiger partial charge in [0.05, 0.1) is 29.0 Å². The Morgan fingerprint density at radius 1 is 1.07 bits per heavy atom. The van der Waals surface area contributed by atoms with Crippen molar-refractivity contribution < 1.29 is 9.53 Å². The number of benzene rings is 3. The van der Waals surface area contributed by atoms with Gasteiger partial charge in [0.1, 0.15) is 0 Å². The molecule has 206 valence electrons. The minimum atomic E-state index is -0.623. The van der Waals surface area contributed by atoms with E-state index >= 15 is 0 Å². The van der Waals surface area contributed by atoms with E-state index in [4.69, 9.17) is 21.3 Å². The molecule has 0 radical (unpaired) electrons. The second kappa shape index (κ2) is 11.0. The third-order valence-electron chi connectivity index (χ3n) is 7.55. The van der Waals surface area contributed by atoms with E-state index in [9.17, 15) is 9.59 Å². The monoisotopic (exact) mass is 581 g/mol. The van der Waals surface area contributed by atoms with Crippen molar-refractivity contribution in [2.24, 2.45) is 4.99 Å². The predicted octanol–water partition coefficient (Wildman–Crippen LogP) is 5.76. The van der Waals surface area contributed by atoms with Gasteiger partial charge in [-0.25, -0.2) is 9.79 Å². The van der Waals surface area contributed by atoms with E-state index < -0.39 is 12.0 Å². The molecule has 0 aliphatic carbocycles. The van der Waals surface area contributed by atoms with E-state index in [0.29, 0.717) is 38.6 Å². The zero-order valence-electron chi connectivity index (χ0n) is 22.9. The fraction of sp³-hybridized carbons (Fsp3) is 0.182. The highest BCUT2D eigenvalue weighted by Gasteiger charge is 2.33. The third-order valence-corrected chi connectivity index (χ3v) is 8.77. The van der Waals surface area contributed by atoms with Gasteiger partial charge in [-0.1, -0.05) is 90.5 Å². The Kier molecular flexibility index (Phi) is 7.24. The molecule has 1 atom stereocenters. The number of aromatic nitrogens is 2. The Balaban J connectivity index is 1.57. The smallest absolute Gasteiger partial charge is 0.338 e. The van der Waals surface area contributed by atoms with Gasteiger partial charge in [0, 0.05) is 33.7 Å². The molecule has 6 nitrogen and oxygen atoms in total. The van der Waals surface area contributed by atoms with E-state index in [1.54, 1.807) is 4.57 Å². The highest BCUT2D eigenvalue weighted by atomic mass is 35.5. The van der Waals surface area contributed by atoms with Gasteiger partial charge in [0.2, 0.25) is 0 Å². The van der Waals surface area contributed by atoms with Crippen molar-refractivity contribution >= 4 is 45.9 Å². The lowest BCUT2D eigenvalue weighted by Gasteiger charge is -2.25. The Labute approximate surface area is 246 Å². The number of methoxy groups -OCH3 is 1. The van der Waals surface area contributed by atoms with Gasteiger partial charge in [-0.3, -0.25) is 9.36 Å². The first-order valence-corrected chi connectivity index (χ1v) is 14.6. The molecular formula is C33H28ClN3O3S. The van der Waals surface area contributed by atoms with Crippen LogP contribution in [0.5, 0.6) is 0 Å². The van der Waals surface area contributed by atoms with Crippen LogP contribution < -0.4 is 14.9 Å². The average molecular weight is 582 g/mol. The summed E-state index contributed by atoms with van der Waals surface area (Å²) in [5.41, 5.74) is 5.86. The summed E-state index contributed by atoms with van der Waals surface area (Å²) in [6.07, 6.45) is 2.50. The molecule has 41 heavy (non-hydrogen) atoms. The summed E-state index contributed by atoms with van der Waals surface area (Å²) < 4.78 is 9.61. The van der Waals surface area contributed by atoms with Crippen LogP contribution in [0.25, 0.3) is 17.0 Å². The molecule has 3 aromatic carbocycles. The molecule has 0 bridgehead atoms. The molecular weight excluding hydrogens is 554 g/mol. The zero-order chi connectivity index (χ0) is 28.7. The molecule has 6 rings (SSSR count). The van der Waals surface area contributed by atoms with Crippen LogP contribution in [0.2, 0.25) is 5.02 Å². The fourth-order valence-corrected chi connectivity index (χ4v) is 6.82. The molecule has 0 spiro atoms. The van der Waals surface area contributed by atoms with Crippen molar-refractivity contribution in [1.82, 2.24) is 9.13 Å². The topological polar surface area (TPSA) is 65.6 Å². The number of carbonyl (C=O) groups excluding carboxylic acids is 1. The normalized spacial score (nSPS) is 15.2. The number of fused-ring (bicyclic) bond motifs is 2. The molecule has 1 aliphatic rings. The van der Waals surface area contributed by atoms with Crippen molar-refractivity contribution in [3.63, 3.8) is 0 Å². The Hall–Kier alpha value is -4.20. The van der Waals surface area contributed by atoms with Crippen molar-refractivity contribution in [2.75, 3.05) is 7.11 Å². The highest BCUT2D eigenvalue weighted by Crippen LogP contribution is 2.32. The van der Waals surface area contributed by atoms with Gasteiger partial charge in [0.15, 0.2) is 4.80 Å². The highest BCUT2D eigenvalue weighted by molar-refractivity contribution is 7.07. The number of carbonyl (C=O) groups is 1.